The van der Waals surface area contributed by atoms with Crippen molar-refractivity contribution in [3.63, 3.8) is 0 Å². The van der Waals surface area contributed by atoms with Gasteiger partial charge < -0.3 is 5.32 Å². The molecule has 1 N–H and O–H groups in total. The predicted octanol–water partition coefficient (Wildman–Crippen LogP) is 2.89. The molecule has 3 aromatic rings. The quantitative estimate of drug-likeness (QED) is 0.456. The van der Waals surface area contributed by atoms with Crippen LogP contribution in [0.1, 0.15) is 5.56 Å². The number of hydrogen-bond donors (Lipinski definition) is 1. The standard InChI is InChI=1S/C16H12N4O3/c21-16(6-3-12-1-4-14(5-2-12)20(22)23)18-13-8-10-19-15(11-13)7-9-17-19/h1-11H,(H,18,21)/b6-3+. The zero-order chi connectivity index (χ0) is 16.2. The Morgan fingerprint density at radius 1 is 1.22 bits per heavy atom. The van der Waals surface area contributed by atoms with Crippen LogP contribution in [0.5, 0.6) is 0 Å². The molecule has 2 aromatic heterocycles. The van der Waals surface area contributed by atoms with Crippen molar-refractivity contribution in [1.29, 1.82) is 0 Å². The van der Waals surface area contributed by atoms with Crippen molar-refractivity contribution < 1.29 is 9.72 Å². The number of benzene rings is 1. The first kappa shape index (κ1) is 14.5. The number of fused-ring (bicyclic) bond motifs is 1. The van der Waals surface area contributed by atoms with E-state index in [1.54, 1.807) is 41.2 Å². The number of carbonyl (C=O) groups excluding carboxylic acids is 1. The smallest absolute Gasteiger partial charge is 0.269 e. The third-order valence-corrected chi connectivity index (χ3v) is 3.20. The number of pyridine rings is 1. The molecule has 0 aliphatic rings. The van der Waals surface area contributed by atoms with E-state index in [0.29, 0.717) is 11.3 Å². The monoisotopic (exact) mass is 308 g/mol. The highest BCUT2D eigenvalue weighted by Crippen LogP contribution is 2.14. The number of nitrogens with zero attached hydrogens (tertiary/aromatic N) is 3. The number of amides is 1. The third-order valence-electron chi connectivity index (χ3n) is 3.20. The first-order valence-corrected chi connectivity index (χ1v) is 6.79. The van der Waals surface area contributed by atoms with Gasteiger partial charge in [0.2, 0.25) is 5.91 Å². The Morgan fingerprint density at radius 2 is 2.00 bits per heavy atom. The molecule has 0 unspecified atom stereocenters. The Hall–Kier alpha value is -3.48. The number of nitro benzene ring substituents is 1. The number of anilines is 1. The molecule has 1 amide bonds. The van der Waals surface area contributed by atoms with Gasteiger partial charge in [-0.25, -0.2) is 4.52 Å². The fraction of sp³-hybridized carbons (Fsp3) is 0. The Morgan fingerprint density at radius 3 is 2.74 bits per heavy atom. The molecule has 0 spiro atoms. The molecule has 1 aromatic carbocycles. The van der Waals surface area contributed by atoms with Gasteiger partial charge in [-0.1, -0.05) is 0 Å². The van der Waals surface area contributed by atoms with Gasteiger partial charge >= 0.3 is 0 Å². The number of aromatic nitrogens is 2. The van der Waals surface area contributed by atoms with Crippen LogP contribution in [0.4, 0.5) is 11.4 Å². The van der Waals surface area contributed by atoms with Crippen molar-refractivity contribution in [2.75, 3.05) is 5.32 Å². The van der Waals surface area contributed by atoms with Gasteiger partial charge in [0.05, 0.1) is 10.4 Å². The summed E-state index contributed by atoms with van der Waals surface area (Å²) in [4.78, 5) is 22.0. The van der Waals surface area contributed by atoms with Crippen LogP contribution < -0.4 is 5.32 Å². The number of nitrogens with one attached hydrogen (secondary N) is 1. The molecule has 0 atom stereocenters. The molecule has 0 saturated heterocycles. The van der Waals surface area contributed by atoms with Crippen molar-refractivity contribution in [2.45, 2.75) is 0 Å². The highest BCUT2D eigenvalue weighted by atomic mass is 16.6. The molecule has 0 radical (unpaired) electrons. The van der Waals surface area contributed by atoms with E-state index in [1.165, 1.54) is 18.2 Å². The van der Waals surface area contributed by atoms with E-state index in [9.17, 15) is 14.9 Å². The molecule has 114 valence electrons. The number of hydrogen-bond acceptors (Lipinski definition) is 4. The number of rotatable bonds is 4. The summed E-state index contributed by atoms with van der Waals surface area (Å²) in [5, 5.41) is 17.4. The lowest BCUT2D eigenvalue weighted by Crippen LogP contribution is -2.07. The van der Waals surface area contributed by atoms with Crippen LogP contribution >= 0.6 is 0 Å². The van der Waals surface area contributed by atoms with E-state index in [4.69, 9.17) is 0 Å². The molecule has 0 bridgehead atoms. The van der Waals surface area contributed by atoms with Crippen LogP contribution in [-0.2, 0) is 4.79 Å². The van der Waals surface area contributed by atoms with Crippen LogP contribution in [0.25, 0.3) is 11.6 Å². The lowest BCUT2D eigenvalue weighted by molar-refractivity contribution is -0.384. The SMILES string of the molecule is O=C(/C=C/c1ccc([N+](=O)[O-])cc1)Nc1ccn2nccc2c1. The average molecular weight is 308 g/mol. The molecule has 0 aliphatic heterocycles. The highest BCUT2D eigenvalue weighted by molar-refractivity contribution is 6.02. The van der Waals surface area contributed by atoms with E-state index >= 15 is 0 Å². The summed E-state index contributed by atoms with van der Waals surface area (Å²) in [5.74, 6) is -0.285. The lowest BCUT2D eigenvalue weighted by Gasteiger charge is -2.02. The first-order chi connectivity index (χ1) is 11.1. The normalized spacial score (nSPS) is 11.0. The Balaban J connectivity index is 1.67. The summed E-state index contributed by atoms with van der Waals surface area (Å²) in [6, 6.07) is 11.3. The number of nitro groups is 1. The summed E-state index contributed by atoms with van der Waals surface area (Å²) in [7, 11) is 0. The number of non-ortho nitro benzene ring substituents is 1. The maximum atomic E-state index is 11.9. The van der Waals surface area contributed by atoms with Crippen LogP contribution in [0.2, 0.25) is 0 Å². The van der Waals surface area contributed by atoms with Gasteiger partial charge in [-0.05, 0) is 42.0 Å². The topological polar surface area (TPSA) is 89.5 Å². The van der Waals surface area contributed by atoms with Crippen molar-refractivity contribution in [3.8, 4) is 0 Å². The maximum absolute atomic E-state index is 11.9. The van der Waals surface area contributed by atoms with Gasteiger partial charge in [0, 0.05) is 36.3 Å². The molecule has 7 nitrogen and oxygen atoms in total. The van der Waals surface area contributed by atoms with Crippen molar-refractivity contribution in [2.24, 2.45) is 0 Å². The summed E-state index contributed by atoms with van der Waals surface area (Å²) in [6.45, 7) is 0. The predicted molar refractivity (Wildman–Crippen MR) is 86.0 cm³/mol. The van der Waals surface area contributed by atoms with Crippen LogP contribution in [-0.4, -0.2) is 20.4 Å². The minimum absolute atomic E-state index is 0.0145. The molecule has 7 heteroatoms. The zero-order valence-electron chi connectivity index (χ0n) is 11.9. The summed E-state index contributed by atoms with van der Waals surface area (Å²) in [5.41, 5.74) is 2.26. The average Bonchev–Trinajstić information content (AvgIpc) is 3.01. The van der Waals surface area contributed by atoms with E-state index in [2.05, 4.69) is 10.4 Å². The fourth-order valence-electron chi connectivity index (χ4n) is 2.06. The van der Waals surface area contributed by atoms with Crippen molar-refractivity contribution in [1.82, 2.24) is 9.61 Å². The second kappa shape index (κ2) is 6.10. The molecule has 3 rings (SSSR count). The molecule has 0 fully saturated rings. The first-order valence-electron chi connectivity index (χ1n) is 6.79. The van der Waals surface area contributed by atoms with Gasteiger partial charge in [-0.15, -0.1) is 0 Å². The van der Waals surface area contributed by atoms with Gasteiger partial charge in [0.1, 0.15) is 0 Å². The summed E-state index contributed by atoms with van der Waals surface area (Å²) in [6.07, 6.45) is 6.40. The Bertz CT molecular complexity index is 897. The van der Waals surface area contributed by atoms with Crippen molar-refractivity contribution >= 4 is 28.9 Å². The number of carbonyl (C=O) groups is 1. The Kier molecular flexibility index (Phi) is 3.84. The third kappa shape index (κ3) is 3.41. The second-order valence-electron chi connectivity index (χ2n) is 4.79. The van der Waals surface area contributed by atoms with Gasteiger partial charge in [0.25, 0.3) is 5.69 Å². The molecule has 2 heterocycles. The molecule has 0 saturated carbocycles. The maximum Gasteiger partial charge on any atom is 0.269 e. The molecular weight excluding hydrogens is 296 g/mol. The van der Waals surface area contributed by atoms with Crippen LogP contribution in [0, 0.1) is 10.1 Å². The lowest BCUT2D eigenvalue weighted by atomic mass is 10.2. The van der Waals surface area contributed by atoms with Gasteiger partial charge in [0.15, 0.2) is 0 Å². The largest absolute Gasteiger partial charge is 0.322 e. The van der Waals surface area contributed by atoms with E-state index in [0.717, 1.165) is 5.52 Å². The van der Waals surface area contributed by atoms with Gasteiger partial charge in [-0.3, -0.25) is 14.9 Å². The van der Waals surface area contributed by atoms with E-state index in [-0.39, 0.29) is 11.6 Å². The van der Waals surface area contributed by atoms with E-state index < -0.39 is 4.92 Å². The Labute approximate surface area is 131 Å². The van der Waals surface area contributed by atoms with Crippen LogP contribution in [0.15, 0.2) is 60.9 Å². The van der Waals surface area contributed by atoms with Crippen LogP contribution in [0.3, 0.4) is 0 Å². The molecule has 0 aliphatic carbocycles. The zero-order valence-corrected chi connectivity index (χ0v) is 11.9. The van der Waals surface area contributed by atoms with Crippen molar-refractivity contribution in [3.05, 3.63) is 76.6 Å². The highest BCUT2D eigenvalue weighted by Gasteiger charge is 2.03. The summed E-state index contributed by atoms with van der Waals surface area (Å²) < 4.78 is 1.70. The van der Waals surface area contributed by atoms with E-state index in [1.807, 2.05) is 12.1 Å². The molecular formula is C16H12N4O3. The van der Waals surface area contributed by atoms with Gasteiger partial charge in [-0.2, -0.15) is 5.10 Å². The fourth-order valence-corrected chi connectivity index (χ4v) is 2.06. The minimum Gasteiger partial charge on any atom is -0.322 e. The second-order valence-corrected chi connectivity index (χ2v) is 4.79. The minimum atomic E-state index is -0.465. The summed E-state index contributed by atoms with van der Waals surface area (Å²) >= 11 is 0. The molecule has 23 heavy (non-hydrogen) atoms.